The van der Waals surface area contributed by atoms with E-state index in [1.54, 1.807) is 12.1 Å². The molecule has 3 rings (SSSR count). The van der Waals surface area contributed by atoms with Crippen LogP contribution in [0.25, 0.3) is 0 Å². The summed E-state index contributed by atoms with van der Waals surface area (Å²) in [7, 11) is 0. The number of rotatable bonds is 3. The molecule has 23 heavy (non-hydrogen) atoms. The van der Waals surface area contributed by atoms with Gasteiger partial charge in [-0.1, -0.05) is 42.0 Å². The summed E-state index contributed by atoms with van der Waals surface area (Å²) in [6, 6.07) is 18.2. The van der Waals surface area contributed by atoms with Gasteiger partial charge >= 0.3 is 0 Å². The molecule has 0 aliphatic heterocycles. The Balaban J connectivity index is 2.00. The van der Waals surface area contributed by atoms with Gasteiger partial charge in [0.25, 0.3) is 5.69 Å². The van der Waals surface area contributed by atoms with Gasteiger partial charge in [0.15, 0.2) is 5.41 Å². The summed E-state index contributed by atoms with van der Waals surface area (Å²) in [4.78, 5) is 10.3. The Hall–Kier alpha value is -3.18. The van der Waals surface area contributed by atoms with Gasteiger partial charge in [0, 0.05) is 24.0 Å². The lowest BCUT2D eigenvalue weighted by Gasteiger charge is -2.01. The van der Waals surface area contributed by atoms with E-state index >= 15 is 0 Å². The van der Waals surface area contributed by atoms with Gasteiger partial charge in [0.2, 0.25) is 0 Å². The third-order valence-electron chi connectivity index (χ3n) is 4.47. The molecule has 2 aromatic carbocycles. The SMILES string of the molecule is Cc1ccc([C@H]2[C@H](c3ccc([N+](=O)[O-])cc3)C2(C#N)C#N)cc1. The van der Waals surface area contributed by atoms with Crippen molar-refractivity contribution in [1.29, 1.82) is 10.5 Å². The first-order chi connectivity index (χ1) is 11.0. The molecule has 0 N–H and O–H groups in total. The first-order valence-electron chi connectivity index (χ1n) is 7.17. The van der Waals surface area contributed by atoms with Crippen LogP contribution in [0.5, 0.6) is 0 Å². The minimum atomic E-state index is -1.11. The molecule has 1 saturated carbocycles. The molecule has 0 aromatic heterocycles. The van der Waals surface area contributed by atoms with E-state index in [4.69, 9.17) is 0 Å². The fraction of sp³-hybridized carbons (Fsp3) is 0.222. The molecule has 1 aliphatic carbocycles. The molecule has 0 amide bonds. The van der Waals surface area contributed by atoms with E-state index in [9.17, 15) is 20.6 Å². The molecular weight excluding hydrogens is 290 g/mol. The second-order valence-electron chi connectivity index (χ2n) is 5.81. The predicted octanol–water partition coefficient (Wildman–Crippen LogP) is 3.82. The molecule has 5 heteroatoms. The topological polar surface area (TPSA) is 90.7 Å². The molecule has 1 aliphatic rings. The number of hydrogen-bond acceptors (Lipinski definition) is 4. The van der Waals surface area contributed by atoms with Gasteiger partial charge in [-0.2, -0.15) is 10.5 Å². The van der Waals surface area contributed by atoms with Crippen LogP contribution < -0.4 is 0 Å². The molecule has 0 spiro atoms. The highest BCUT2D eigenvalue weighted by molar-refractivity contribution is 5.54. The fourth-order valence-electron chi connectivity index (χ4n) is 3.18. The van der Waals surface area contributed by atoms with Crippen LogP contribution in [0.15, 0.2) is 48.5 Å². The summed E-state index contributed by atoms with van der Waals surface area (Å²) in [5, 5.41) is 29.8. The zero-order valence-corrected chi connectivity index (χ0v) is 12.4. The van der Waals surface area contributed by atoms with Crippen molar-refractivity contribution in [3.8, 4) is 12.1 Å². The number of nitriles is 2. The molecule has 0 heterocycles. The maximum Gasteiger partial charge on any atom is 0.269 e. The highest BCUT2D eigenvalue weighted by Crippen LogP contribution is 2.69. The molecule has 2 aromatic rings. The Bertz CT molecular complexity index is 828. The summed E-state index contributed by atoms with van der Waals surface area (Å²) in [6.45, 7) is 1.98. The number of aryl methyl sites for hydroxylation is 1. The highest BCUT2D eigenvalue weighted by atomic mass is 16.6. The van der Waals surface area contributed by atoms with Gasteiger partial charge in [0.05, 0.1) is 17.1 Å². The van der Waals surface area contributed by atoms with Gasteiger partial charge in [-0.05, 0) is 18.1 Å². The maximum atomic E-state index is 10.8. The summed E-state index contributed by atoms with van der Waals surface area (Å²) in [5.41, 5.74) is 1.73. The number of nitrogens with zero attached hydrogens (tertiary/aromatic N) is 3. The van der Waals surface area contributed by atoms with Crippen LogP contribution in [0.4, 0.5) is 5.69 Å². The van der Waals surface area contributed by atoms with Crippen LogP contribution in [0.3, 0.4) is 0 Å². The van der Waals surface area contributed by atoms with Crippen molar-refractivity contribution >= 4 is 5.69 Å². The van der Waals surface area contributed by atoms with Crippen LogP contribution in [-0.4, -0.2) is 4.92 Å². The second-order valence-corrected chi connectivity index (χ2v) is 5.81. The molecule has 0 radical (unpaired) electrons. The molecule has 112 valence electrons. The summed E-state index contributed by atoms with van der Waals surface area (Å²) in [6.07, 6.45) is 0. The van der Waals surface area contributed by atoms with E-state index in [1.807, 2.05) is 31.2 Å². The number of nitro groups is 1. The van der Waals surface area contributed by atoms with E-state index in [-0.39, 0.29) is 17.5 Å². The van der Waals surface area contributed by atoms with Crippen molar-refractivity contribution in [2.75, 3.05) is 0 Å². The molecule has 2 atom stereocenters. The molecule has 5 nitrogen and oxygen atoms in total. The van der Waals surface area contributed by atoms with Crippen LogP contribution >= 0.6 is 0 Å². The van der Waals surface area contributed by atoms with Gasteiger partial charge in [0.1, 0.15) is 0 Å². The highest BCUT2D eigenvalue weighted by Gasteiger charge is 2.67. The van der Waals surface area contributed by atoms with Gasteiger partial charge in [-0.3, -0.25) is 10.1 Å². The summed E-state index contributed by atoms with van der Waals surface area (Å²) < 4.78 is 0. The van der Waals surface area contributed by atoms with Crippen molar-refractivity contribution in [3.05, 3.63) is 75.3 Å². The Kier molecular flexibility index (Phi) is 3.35. The zero-order valence-electron chi connectivity index (χ0n) is 12.4. The third-order valence-corrected chi connectivity index (χ3v) is 4.47. The van der Waals surface area contributed by atoms with Crippen molar-refractivity contribution in [2.24, 2.45) is 5.41 Å². The smallest absolute Gasteiger partial charge is 0.258 e. The molecular formula is C18H13N3O2. The monoisotopic (exact) mass is 303 g/mol. The van der Waals surface area contributed by atoms with Gasteiger partial charge in [-0.25, -0.2) is 0 Å². The van der Waals surface area contributed by atoms with Gasteiger partial charge in [-0.15, -0.1) is 0 Å². The molecule has 1 fully saturated rings. The van der Waals surface area contributed by atoms with E-state index in [1.165, 1.54) is 12.1 Å². The van der Waals surface area contributed by atoms with Crippen LogP contribution in [-0.2, 0) is 0 Å². The third kappa shape index (κ3) is 2.23. The zero-order chi connectivity index (χ0) is 16.6. The average molecular weight is 303 g/mol. The Morgan fingerprint density at radius 2 is 1.39 bits per heavy atom. The largest absolute Gasteiger partial charge is 0.269 e. The van der Waals surface area contributed by atoms with Crippen molar-refractivity contribution in [1.82, 2.24) is 0 Å². The summed E-state index contributed by atoms with van der Waals surface area (Å²) in [5.74, 6) is -0.472. The second kappa shape index (κ2) is 5.23. The van der Waals surface area contributed by atoms with Crippen LogP contribution in [0.2, 0.25) is 0 Å². The van der Waals surface area contributed by atoms with Crippen molar-refractivity contribution in [3.63, 3.8) is 0 Å². The normalized spacial score (nSPS) is 21.0. The summed E-state index contributed by atoms with van der Waals surface area (Å²) >= 11 is 0. The lowest BCUT2D eigenvalue weighted by atomic mass is 10.0. The predicted molar refractivity (Wildman–Crippen MR) is 83.4 cm³/mol. The van der Waals surface area contributed by atoms with E-state index in [2.05, 4.69) is 12.1 Å². The minimum Gasteiger partial charge on any atom is -0.258 e. The molecule has 0 unspecified atom stereocenters. The first-order valence-corrected chi connectivity index (χ1v) is 7.17. The number of nitro benzene ring substituents is 1. The fourth-order valence-corrected chi connectivity index (χ4v) is 3.18. The molecule has 0 bridgehead atoms. The molecule has 0 saturated heterocycles. The minimum absolute atomic E-state index is 0.000742. The van der Waals surface area contributed by atoms with E-state index in [0.717, 1.165) is 16.7 Å². The quantitative estimate of drug-likeness (QED) is 0.636. The van der Waals surface area contributed by atoms with E-state index in [0.29, 0.717) is 0 Å². The Morgan fingerprint density at radius 1 is 0.957 bits per heavy atom. The Morgan fingerprint density at radius 3 is 1.78 bits per heavy atom. The lowest BCUT2D eigenvalue weighted by molar-refractivity contribution is -0.384. The van der Waals surface area contributed by atoms with Crippen LogP contribution in [0, 0.1) is 45.1 Å². The Labute approximate surface area is 133 Å². The number of benzene rings is 2. The maximum absolute atomic E-state index is 10.8. The average Bonchev–Trinajstić information content (AvgIpc) is 3.25. The number of non-ortho nitro benzene ring substituents is 1. The van der Waals surface area contributed by atoms with E-state index < -0.39 is 10.3 Å². The lowest BCUT2D eigenvalue weighted by Crippen LogP contribution is -1.97. The van der Waals surface area contributed by atoms with Crippen LogP contribution in [0.1, 0.15) is 28.5 Å². The first kappa shape index (κ1) is 14.7. The standard InChI is InChI=1S/C18H13N3O2/c1-12-2-4-13(5-3-12)16-17(18(16,10-19)11-20)14-6-8-15(9-7-14)21(22)23/h2-9,16-17H,1H3/t16-,17-/m0/s1. The van der Waals surface area contributed by atoms with Crippen molar-refractivity contribution in [2.45, 2.75) is 18.8 Å². The van der Waals surface area contributed by atoms with Crippen molar-refractivity contribution < 1.29 is 4.92 Å². The number of hydrogen-bond donors (Lipinski definition) is 0. The van der Waals surface area contributed by atoms with Gasteiger partial charge < -0.3 is 0 Å².